The van der Waals surface area contributed by atoms with E-state index in [9.17, 15) is 17.6 Å². The van der Waals surface area contributed by atoms with E-state index >= 15 is 0 Å². The van der Waals surface area contributed by atoms with Crippen molar-refractivity contribution in [3.8, 4) is 5.75 Å². The van der Waals surface area contributed by atoms with Crippen LogP contribution in [0.25, 0.3) is 0 Å². The lowest BCUT2D eigenvalue weighted by molar-refractivity contribution is -0.137. The molecule has 0 aromatic heterocycles. The maximum Gasteiger partial charge on any atom is 0.416 e. The topological polar surface area (TPSA) is 39.7 Å². The first-order valence-corrected chi connectivity index (χ1v) is 12.4. The first-order valence-electron chi connectivity index (χ1n) is 12.4. The van der Waals surface area contributed by atoms with Gasteiger partial charge in [0.05, 0.1) is 38.1 Å². The molecule has 1 heterocycles. The van der Waals surface area contributed by atoms with Crippen molar-refractivity contribution in [3.63, 3.8) is 0 Å². The van der Waals surface area contributed by atoms with Gasteiger partial charge in [0.15, 0.2) is 0 Å². The predicted octanol–water partition coefficient (Wildman–Crippen LogP) is 6.91. The van der Waals surface area contributed by atoms with Gasteiger partial charge >= 0.3 is 6.18 Å². The third kappa shape index (κ3) is 8.70. The molecule has 0 spiro atoms. The second kappa shape index (κ2) is 14.5. The summed E-state index contributed by atoms with van der Waals surface area (Å²) >= 11 is 0. The van der Waals surface area contributed by atoms with Gasteiger partial charge in [-0.2, -0.15) is 13.2 Å². The van der Waals surface area contributed by atoms with Crippen LogP contribution in [0.15, 0.2) is 72.8 Å². The normalized spacial score (nSPS) is 17.6. The molecule has 1 aliphatic rings. The Bertz CT molecular complexity index is 1110. The molecule has 0 aliphatic carbocycles. The highest BCUT2D eigenvalue weighted by Crippen LogP contribution is 2.32. The molecule has 1 N–H and O–H groups in total. The van der Waals surface area contributed by atoms with Crippen LogP contribution in [0.5, 0.6) is 5.75 Å². The van der Waals surface area contributed by atoms with Crippen molar-refractivity contribution in [2.24, 2.45) is 0 Å². The molecule has 1 saturated heterocycles. The average Bonchev–Trinajstić information content (AvgIpc) is 2.90. The number of benzene rings is 3. The maximum atomic E-state index is 14.2. The molecule has 1 fully saturated rings. The number of rotatable bonds is 11. The zero-order valence-corrected chi connectivity index (χ0v) is 21.7. The van der Waals surface area contributed by atoms with Crippen molar-refractivity contribution in [1.82, 2.24) is 5.32 Å². The molecule has 4 nitrogen and oxygen atoms in total. The largest absolute Gasteiger partial charge is 0.494 e. The third-order valence-corrected chi connectivity index (χ3v) is 6.38. The molecule has 38 heavy (non-hydrogen) atoms. The highest BCUT2D eigenvalue weighted by Gasteiger charge is 2.31. The molecule has 3 aromatic rings. The van der Waals surface area contributed by atoms with Gasteiger partial charge in [-0.05, 0) is 48.4 Å². The van der Waals surface area contributed by atoms with E-state index in [-0.39, 0.29) is 36.6 Å². The summed E-state index contributed by atoms with van der Waals surface area (Å²) in [7, 11) is 0. The van der Waals surface area contributed by atoms with Crippen LogP contribution in [0.4, 0.5) is 17.6 Å². The molecule has 0 bridgehead atoms. The lowest BCUT2D eigenvalue weighted by Crippen LogP contribution is -2.41. The van der Waals surface area contributed by atoms with Crippen LogP contribution in [0, 0.1) is 5.82 Å². The summed E-state index contributed by atoms with van der Waals surface area (Å²) in [6, 6.07) is 20.4. The van der Waals surface area contributed by atoms with E-state index in [2.05, 4.69) is 5.32 Å². The van der Waals surface area contributed by atoms with Gasteiger partial charge in [-0.1, -0.05) is 48.5 Å². The van der Waals surface area contributed by atoms with Crippen molar-refractivity contribution in [1.29, 1.82) is 0 Å². The molecular formula is C29H32ClF4NO3. The zero-order chi connectivity index (χ0) is 26.1. The summed E-state index contributed by atoms with van der Waals surface area (Å²) in [5.41, 5.74) is 1.32. The lowest BCUT2D eigenvalue weighted by atomic mass is 9.87. The predicted molar refractivity (Wildman–Crippen MR) is 140 cm³/mol. The molecule has 1 aliphatic heterocycles. The third-order valence-electron chi connectivity index (χ3n) is 6.38. The fraction of sp³-hybridized carbons (Fsp3) is 0.379. The number of hydrogen-bond donors (Lipinski definition) is 1. The lowest BCUT2D eigenvalue weighted by Gasteiger charge is -2.32. The Labute approximate surface area is 226 Å². The number of ether oxygens (including phenoxy) is 3. The van der Waals surface area contributed by atoms with Crippen LogP contribution in [0.2, 0.25) is 0 Å². The van der Waals surface area contributed by atoms with Gasteiger partial charge in [-0.15, -0.1) is 12.4 Å². The number of piperidine rings is 1. The molecule has 206 valence electrons. The van der Waals surface area contributed by atoms with E-state index in [1.165, 1.54) is 0 Å². The van der Waals surface area contributed by atoms with E-state index in [1.54, 1.807) is 0 Å². The van der Waals surface area contributed by atoms with Crippen molar-refractivity contribution in [3.05, 3.63) is 101 Å². The van der Waals surface area contributed by atoms with Gasteiger partial charge in [-0.25, -0.2) is 4.39 Å². The molecule has 4 rings (SSSR count). The Balaban J connectivity index is 0.00000400. The fourth-order valence-corrected chi connectivity index (χ4v) is 4.35. The first kappa shape index (κ1) is 29.9. The van der Waals surface area contributed by atoms with E-state index in [0.29, 0.717) is 32.4 Å². The standard InChI is InChI=1S/C29H31F4NO3.ClH/c30-27-17-24(29(31,32)33)10-7-23(27)20-37-28-18-34-14-13-26(28)22-8-11-25(12-9-22)36-16-4-15-35-19-21-5-2-1-3-6-21;/h1-3,5-12,17,26,28,34H,4,13-16,18-20H2;1H. The van der Waals surface area contributed by atoms with Crippen molar-refractivity contribution in [2.75, 3.05) is 26.3 Å². The first-order chi connectivity index (χ1) is 17.9. The molecule has 0 amide bonds. The number of alkyl halides is 3. The Hall–Kier alpha value is -2.65. The second-order valence-corrected chi connectivity index (χ2v) is 9.06. The number of nitrogens with one attached hydrogen (secondary N) is 1. The molecule has 0 saturated carbocycles. The summed E-state index contributed by atoms with van der Waals surface area (Å²) < 4.78 is 70.1. The molecule has 0 radical (unpaired) electrons. The minimum atomic E-state index is -4.58. The highest BCUT2D eigenvalue weighted by atomic mass is 35.5. The Morgan fingerprint density at radius 1 is 0.895 bits per heavy atom. The molecule has 2 atom stereocenters. The van der Waals surface area contributed by atoms with Gasteiger partial charge in [0.2, 0.25) is 0 Å². The Morgan fingerprint density at radius 2 is 1.66 bits per heavy atom. The minimum Gasteiger partial charge on any atom is -0.494 e. The SMILES string of the molecule is Cl.Fc1cc(C(F)(F)F)ccc1COC1CNCCC1c1ccc(OCCCOCc2ccccc2)cc1. The van der Waals surface area contributed by atoms with Gasteiger partial charge in [0.25, 0.3) is 0 Å². The maximum absolute atomic E-state index is 14.2. The molecule has 9 heteroatoms. The van der Waals surface area contributed by atoms with Crippen LogP contribution in [-0.4, -0.2) is 32.4 Å². The monoisotopic (exact) mass is 553 g/mol. The van der Waals surface area contributed by atoms with E-state index < -0.39 is 17.6 Å². The Kier molecular flexibility index (Phi) is 11.4. The van der Waals surface area contributed by atoms with Crippen molar-refractivity contribution in [2.45, 2.75) is 44.3 Å². The smallest absolute Gasteiger partial charge is 0.416 e. The summed E-state index contributed by atoms with van der Waals surface area (Å²) in [4.78, 5) is 0. The van der Waals surface area contributed by atoms with Crippen molar-refractivity contribution < 1.29 is 31.8 Å². The summed E-state index contributed by atoms with van der Waals surface area (Å²) in [6.45, 7) is 3.04. The van der Waals surface area contributed by atoms with Crippen LogP contribution in [-0.2, 0) is 28.9 Å². The van der Waals surface area contributed by atoms with Gasteiger partial charge < -0.3 is 19.5 Å². The van der Waals surface area contributed by atoms with Gasteiger partial charge in [-0.3, -0.25) is 0 Å². The molecular weight excluding hydrogens is 522 g/mol. The number of hydrogen-bond acceptors (Lipinski definition) is 4. The average molecular weight is 554 g/mol. The van der Waals surface area contributed by atoms with Gasteiger partial charge in [0, 0.05) is 24.4 Å². The highest BCUT2D eigenvalue weighted by molar-refractivity contribution is 5.85. The van der Waals surface area contributed by atoms with E-state index in [1.807, 2.05) is 54.6 Å². The quantitative estimate of drug-likeness (QED) is 0.207. The van der Waals surface area contributed by atoms with Crippen LogP contribution in [0.1, 0.15) is 41.0 Å². The van der Waals surface area contributed by atoms with Crippen LogP contribution < -0.4 is 10.1 Å². The summed E-state index contributed by atoms with van der Waals surface area (Å²) in [5, 5.41) is 3.28. The van der Waals surface area contributed by atoms with Crippen LogP contribution >= 0.6 is 12.4 Å². The van der Waals surface area contributed by atoms with E-state index in [0.717, 1.165) is 48.4 Å². The van der Waals surface area contributed by atoms with Crippen LogP contribution in [0.3, 0.4) is 0 Å². The zero-order valence-electron chi connectivity index (χ0n) is 20.9. The van der Waals surface area contributed by atoms with Gasteiger partial charge in [0.1, 0.15) is 11.6 Å². The van der Waals surface area contributed by atoms with E-state index in [4.69, 9.17) is 14.2 Å². The molecule has 3 aromatic carbocycles. The minimum absolute atomic E-state index is 0. The fourth-order valence-electron chi connectivity index (χ4n) is 4.35. The molecule has 2 unspecified atom stereocenters. The van der Waals surface area contributed by atoms with Crippen molar-refractivity contribution >= 4 is 12.4 Å². The number of halogens is 5. The summed E-state index contributed by atoms with van der Waals surface area (Å²) in [5.74, 6) is -0.0636. The Morgan fingerprint density at radius 3 is 2.37 bits per heavy atom. The second-order valence-electron chi connectivity index (χ2n) is 9.06. The summed E-state index contributed by atoms with van der Waals surface area (Å²) in [6.07, 6.45) is -3.20.